The van der Waals surface area contributed by atoms with Crippen LogP contribution >= 0.6 is 7.92 Å². The summed E-state index contributed by atoms with van der Waals surface area (Å²) in [7, 11) is 1.23. The molecular formula is C27H33N2OP. The lowest BCUT2D eigenvalue weighted by Crippen LogP contribution is -2.36. The van der Waals surface area contributed by atoms with Gasteiger partial charge in [0.05, 0.1) is 18.4 Å². The minimum absolute atomic E-state index is 0.270. The van der Waals surface area contributed by atoms with Gasteiger partial charge in [0.2, 0.25) is 0 Å². The normalized spacial score (nSPS) is 20.2. The molecule has 1 saturated heterocycles. The highest BCUT2D eigenvalue weighted by Gasteiger charge is 2.33. The minimum Gasteiger partial charge on any atom is -0.382 e. The number of rotatable bonds is 9. The number of ether oxygens (including phenoxy) is 1. The van der Waals surface area contributed by atoms with E-state index in [0.717, 1.165) is 26.0 Å². The second kappa shape index (κ2) is 10.9. The van der Waals surface area contributed by atoms with Gasteiger partial charge in [0, 0.05) is 25.2 Å². The smallest absolute Gasteiger partial charge is 0.0704 e. The average molecular weight is 433 g/mol. The predicted octanol–water partition coefficient (Wildman–Crippen LogP) is 5.11. The first kappa shape index (κ1) is 22.0. The molecule has 0 amide bonds. The molecule has 4 rings (SSSR count). The number of allylic oxidation sites excluding steroid dienone is 4. The van der Waals surface area contributed by atoms with Gasteiger partial charge in [-0.1, -0.05) is 91.9 Å². The van der Waals surface area contributed by atoms with Crippen LogP contribution in [0.2, 0.25) is 0 Å². The first-order valence-corrected chi connectivity index (χ1v) is 12.8. The lowest BCUT2D eigenvalue weighted by molar-refractivity contribution is 0.117. The molecule has 0 unspecified atom stereocenters. The molecule has 2 aliphatic rings. The van der Waals surface area contributed by atoms with Crippen LogP contribution in [0.3, 0.4) is 0 Å². The molecule has 1 heterocycles. The summed E-state index contributed by atoms with van der Waals surface area (Å²) in [5.41, 5.74) is 1.68. The van der Waals surface area contributed by atoms with Gasteiger partial charge in [0.15, 0.2) is 0 Å². The lowest BCUT2D eigenvalue weighted by Gasteiger charge is -2.33. The standard InChI is InChI=1S/C27H33N2OP/c1-3-26(31(24-16-6-4-7-17-24)25-18-8-5-9-19-25)27(22-13-10-11-14-22)28-29-20-12-15-23(29)21-30-2/h4-11,13-14,16-19,22-23,26H,3,12,15,20-21H2,1-2H3/b28-27+/t23-,26+/m0/s1. The molecule has 0 aromatic heterocycles. The second-order valence-corrected chi connectivity index (χ2v) is 10.6. The second-order valence-electron chi connectivity index (χ2n) is 8.20. The van der Waals surface area contributed by atoms with Gasteiger partial charge >= 0.3 is 0 Å². The van der Waals surface area contributed by atoms with Gasteiger partial charge in [-0.3, -0.25) is 5.01 Å². The molecule has 2 aromatic rings. The van der Waals surface area contributed by atoms with E-state index in [4.69, 9.17) is 9.84 Å². The molecule has 31 heavy (non-hydrogen) atoms. The van der Waals surface area contributed by atoms with E-state index in [2.05, 4.69) is 96.9 Å². The van der Waals surface area contributed by atoms with Crippen LogP contribution in [0.15, 0.2) is 90.1 Å². The van der Waals surface area contributed by atoms with Gasteiger partial charge in [-0.2, -0.15) is 5.10 Å². The molecule has 1 aliphatic carbocycles. The maximum absolute atomic E-state index is 5.50. The van der Waals surface area contributed by atoms with Crippen LogP contribution in [0.4, 0.5) is 0 Å². The van der Waals surface area contributed by atoms with Crippen LogP contribution in [-0.2, 0) is 4.74 Å². The van der Waals surface area contributed by atoms with E-state index in [9.17, 15) is 0 Å². The lowest BCUT2D eigenvalue weighted by atomic mass is 10.0. The Morgan fingerprint density at radius 3 is 2.19 bits per heavy atom. The van der Waals surface area contributed by atoms with E-state index in [1.165, 1.54) is 22.7 Å². The van der Waals surface area contributed by atoms with Gasteiger partial charge < -0.3 is 4.74 Å². The molecule has 1 fully saturated rings. The summed E-state index contributed by atoms with van der Waals surface area (Å²) in [5, 5.41) is 10.5. The summed E-state index contributed by atoms with van der Waals surface area (Å²) in [6.45, 7) is 4.08. The third-order valence-corrected chi connectivity index (χ3v) is 9.11. The SMILES string of the molecule is CC[C@H](/C(=N/N1CCC[C@H]1COC)C1C=CC=C1)P(c1ccccc1)c1ccccc1. The van der Waals surface area contributed by atoms with Crippen molar-refractivity contribution in [3.05, 3.63) is 85.0 Å². The van der Waals surface area contributed by atoms with Gasteiger partial charge in [0.25, 0.3) is 0 Å². The predicted molar refractivity (Wildman–Crippen MR) is 134 cm³/mol. The van der Waals surface area contributed by atoms with Crippen LogP contribution < -0.4 is 10.6 Å². The zero-order valence-corrected chi connectivity index (χ0v) is 19.5. The number of hydrogen-bond acceptors (Lipinski definition) is 3. The fourth-order valence-electron chi connectivity index (χ4n) is 4.66. The van der Waals surface area contributed by atoms with Crippen molar-refractivity contribution in [1.29, 1.82) is 0 Å². The van der Waals surface area contributed by atoms with Crippen molar-refractivity contribution >= 4 is 24.2 Å². The molecule has 2 aromatic carbocycles. The molecule has 1 aliphatic heterocycles. The van der Waals surface area contributed by atoms with Gasteiger partial charge in [0.1, 0.15) is 0 Å². The Morgan fingerprint density at radius 2 is 1.65 bits per heavy atom. The van der Waals surface area contributed by atoms with Gasteiger partial charge in [-0.25, -0.2) is 0 Å². The van der Waals surface area contributed by atoms with Crippen LogP contribution in [0, 0.1) is 5.92 Å². The molecule has 162 valence electrons. The fraction of sp³-hybridized carbons (Fsp3) is 0.370. The summed E-state index contributed by atoms with van der Waals surface area (Å²) in [5.74, 6) is 0.270. The van der Waals surface area contributed by atoms with Crippen molar-refractivity contribution in [3.63, 3.8) is 0 Å². The Hall–Kier alpha value is -2.22. The number of nitrogens with zero attached hydrogens (tertiary/aromatic N) is 2. The first-order valence-electron chi connectivity index (χ1n) is 11.4. The maximum Gasteiger partial charge on any atom is 0.0704 e. The minimum atomic E-state index is -0.569. The van der Waals surface area contributed by atoms with Crippen molar-refractivity contribution < 1.29 is 4.74 Å². The average Bonchev–Trinajstić information content (AvgIpc) is 3.50. The topological polar surface area (TPSA) is 24.8 Å². The Morgan fingerprint density at radius 1 is 1.03 bits per heavy atom. The van der Waals surface area contributed by atoms with E-state index < -0.39 is 7.92 Å². The summed E-state index contributed by atoms with van der Waals surface area (Å²) in [4.78, 5) is 0. The summed E-state index contributed by atoms with van der Waals surface area (Å²) in [6.07, 6.45) is 12.3. The number of benzene rings is 2. The summed E-state index contributed by atoms with van der Waals surface area (Å²) >= 11 is 0. The van der Waals surface area contributed by atoms with Crippen LogP contribution in [0.1, 0.15) is 26.2 Å². The highest BCUT2D eigenvalue weighted by Crippen LogP contribution is 2.44. The summed E-state index contributed by atoms with van der Waals surface area (Å²) < 4.78 is 5.50. The molecule has 0 bridgehead atoms. The van der Waals surface area contributed by atoms with Crippen molar-refractivity contribution in [2.24, 2.45) is 11.0 Å². The molecule has 3 nitrogen and oxygen atoms in total. The monoisotopic (exact) mass is 432 g/mol. The van der Waals surface area contributed by atoms with Crippen LogP contribution in [0.5, 0.6) is 0 Å². The maximum atomic E-state index is 5.50. The van der Waals surface area contributed by atoms with Gasteiger partial charge in [-0.05, 0) is 37.8 Å². The van der Waals surface area contributed by atoms with Crippen molar-refractivity contribution in [1.82, 2.24) is 5.01 Å². The Kier molecular flexibility index (Phi) is 7.72. The quantitative estimate of drug-likeness (QED) is 0.407. The molecule has 0 saturated carbocycles. The van der Waals surface area contributed by atoms with Crippen molar-refractivity contribution in [2.75, 3.05) is 20.3 Å². The molecule has 0 radical (unpaired) electrons. The zero-order chi connectivity index (χ0) is 21.5. The highest BCUT2D eigenvalue weighted by molar-refractivity contribution is 7.74. The van der Waals surface area contributed by atoms with Crippen molar-refractivity contribution in [2.45, 2.75) is 37.9 Å². The van der Waals surface area contributed by atoms with E-state index in [0.29, 0.717) is 11.7 Å². The van der Waals surface area contributed by atoms with E-state index >= 15 is 0 Å². The van der Waals surface area contributed by atoms with Gasteiger partial charge in [-0.15, -0.1) is 0 Å². The highest BCUT2D eigenvalue weighted by atomic mass is 31.1. The third-order valence-electron chi connectivity index (χ3n) is 6.15. The largest absolute Gasteiger partial charge is 0.382 e. The first-order chi connectivity index (χ1) is 15.3. The molecule has 0 spiro atoms. The van der Waals surface area contributed by atoms with Crippen LogP contribution in [0.25, 0.3) is 0 Å². The van der Waals surface area contributed by atoms with E-state index in [1.54, 1.807) is 7.11 Å². The third kappa shape index (κ3) is 5.17. The van der Waals surface area contributed by atoms with Crippen molar-refractivity contribution in [3.8, 4) is 0 Å². The Bertz CT molecular complexity index is 858. The molecule has 2 atom stereocenters. The summed E-state index contributed by atoms with van der Waals surface area (Å²) in [6, 6.07) is 22.5. The molecule has 4 heteroatoms. The number of hydrazone groups is 1. The van der Waals surface area contributed by atoms with E-state index in [-0.39, 0.29) is 5.92 Å². The molecular weight excluding hydrogens is 399 g/mol. The van der Waals surface area contributed by atoms with E-state index in [1.807, 2.05) is 0 Å². The Balaban J connectivity index is 1.78. The fourth-order valence-corrected chi connectivity index (χ4v) is 7.51. The number of methoxy groups -OCH3 is 1. The molecule has 0 N–H and O–H groups in total. The zero-order valence-electron chi connectivity index (χ0n) is 18.6. The number of hydrogen-bond donors (Lipinski definition) is 0. The van der Waals surface area contributed by atoms with Crippen LogP contribution in [-0.4, -0.2) is 42.7 Å². The Labute approximate surface area is 188 Å².